The molecule has 0 aliphatic rings. The molecule has 0 atom stereocenters. The van der Waals surface area contributed by atoms with Gasteiger partial charge in [0.2, 0.25) is 5.91 Å². The predicted molar refractivity (Wildman–Crippen MR) is 127 cm³/mol. The molecule has 168 valence electrons. The van der Waals surface area contributed by atoms with E-state index in [1.54, 1.807) is 35.3 Å². The van der Waals surface area contributed by atoms with E-state index in [9.17, 15) is 9.59 Å². The molecule has 0 aliphatic heterocycles. The van der Waals surface area contributed by atoms with E-state index in [2.05, 4.69) is 20.9 Å². The van der Waals surface area contributed by atoms with Gasteiger partial charge in [0.1, 0.15) is 5.69 Å². The van der Waals surface area contributed by atoms with Crippen LogP contribution in [0.15, 0.2) is 95.9 Å². The number of nitrogens with one attached hydrogen (secondary N) is 2. The summed E-state index contributed by atoms with van der Waals surface area (Å²) in [4.78, 5) is 29.9. The smallest absolute Gasteiger partial charge is 0.270 e. The van der Waals surface area contributed by atoms with Gasteiger partial charge in [-0.3, -0.25) is 20.4 Å². The Morgan fingerprint density at radius 1 is 0.941 bits per heavy atom. The Hall–Kier alpha value is -4.72. The largest absolute Gasteiger partial charge is 0.463 e. The Labute approximate surface area is 195 Å². The molecule has 0 spiro atoms. The number of hydrogen-bond acceptors (Lipinski definition) is 5. The minimum Gasteiger partial charge on any atom is -0.463 e. The third-order valence-corrected chi connectivity index (χ3v) is 5.35. The summed E-state index contributed by atoms with van der Waals surface area (Å²) >= 11 is 0. The topological polar surface area (TPSA) is 102 Å². The molecular weight excluding hydrogens is 430 g/mol. The van der Waals surface area contributed by atoms with Gasteiger partial charge in [-0.2, -0.15) is 5.10 Å². The van der Waals surface area contributed by atoms with Gasteiger partial charge in [0.25, 0.3) is 5.91 Å². The summed E-state index contributed by atoms with van der Waals surface area (Å²) in [6.45, 7) is 0. The number of pyridine rings is 1. The van der Waals surface area contributed by atoms with Gasteiger partial charge in [-0.1, -0.05) is 36.4 Å². The van der Waals surface area contributed by atoms with Gasteiger partial charge in [0.05, 0.1) is 29.2 Å². The fourth-order valence-corrected chi connectivity index (χ4v) is 3.64. The van der Waals surface area contributed by atoms with Crippen LogP contribution in [0.4, 0.5) is 0 Å². The summed E-state index contributed by atoms with van der Waals surface area (Å²) in [7, 11) is 0. The van der Waals surface area contributed by atoms with E-state index in [1.807, 2.05) is 60.8 Å². The highest BCUT2D eigenvalue weighted by atomic mass is 16.3. The molecule has 0 fully saturated rings. The van der Waals surface area contributed by atoms with Crippen LogP contribution in [0, 0.1) is 0 Å². The van der Waals surface area contributed by atoms with Crippen LogP contribution in [-0.4, -0.2) is 26.6 Å². The number of amides is 2. The summed E-state index contributed by atoms with van der Waals surface area (Å²) in [5, 5.41) is 5.02. The maximum atomic E-state index is 12.9. The molecule has 0 radical (unpaired) electrons. The van der Waals surface area contributed by atoms with Crippen LogP contribution in [0.2, 0.25) is 0 Å². The lowest BCUT2D eigenvalue weighted by atomic mass is 10.1. The molecule has 0 unspecified atom stereocenters. The highest BCUT2D eigenvalue weighted by Crippen LogP contribution is 2.25. The average molecular weight is 451 g/mol. The summed E-state index contributed by atoms with van der Waals surface area (Å²) in [6.07, 6.45) is 5.87. The van der Waals surface area contributed by atoms with Crippen molar-refractivity contribution in [2.45, 2.75) is 12.8 Å². The third-order valence-electron chi connectivity index (χ3n) is 5.35. The Morgan fingerprint density at radius 2 is 1.76 bits per heavy atom. The molecule has 0 bridgehead atoms. The van der Waals surface area contributed by atoms with E-state index in [-0.39, 0.29) is 12.3 Å². The van der Waals surface area contributed by atoms with Crippen molar-refractivity contribution >= 4 is 22.7 Å². The van der Waals surface area contributed by atoms with Crippen molar-refractivity contribution in [2.24, 2.45) is 0 Å². The number of rotatable bonds is 6. The number of hydrazine groups is 1. The maximum absolute atomic E-state index is 12.9. The van der Waals surface area contributed by atoms with Crippen LogP contribution >= 0.6 is 0 Å². The minimum absolute atomic E-state index is 0.204. The third kappa shape index (κ3) is 4.56. The predicted octanol–water partition coefficient (Wildman–Crippen LogP) is 4.07. The molecular formula is C26H21N5O3. The Kier molecular flexibility index (Phi) is 5.85. The van der Waals surface area contributed by atoms with E-state index >= 15 is 0 Å². The first kappa shape index (κ1) is 21.1. The van der Waals surface area contributed by atoms with Crippen LogP contribution in [0.5, 0.6) is 0 Å². The lowest BCUT2D eigenvalue weighted by Gasteiger charge is -2.10. The van der Waals surface area contributed by atoms with E-state index in [0.29, 0.717) is 34.3 Å². The number of benzene rings is 2. The van der Waals surface area contributed by atoms with Gasteiger partial charge < -0.3 is 4.42 Å². The van der Waals surface area contributed by atoms with Crippen molar-refractivity contribution in [3.8, 4) is 17.1 Å². The van der Waals surface area contributed by atoms with Crippen LogP contribution in [0.1, 0.15) is 22.3 Å². The van der Waals surface area contributed by atoms with E-state index in [1.165, 1.54) is 0 Å². The zero-order valence-corrected chi connectivity index (χ0v) is 18.1. The number of nitrogens with zero attached hydrogens (tertiary/aromatic N) is 3. The number of aromatic nitrogens is 3. The second-order valence-electron chi connectivity index (χ2n) is 7.68. The van der Waals surface area contributed by atoms with Gasteiger partial charge in [0.15, 0.2) is 5.76 Å². The highest BCUT2D eigenvalue weighted by molar-refractivity contribution is 6.07. The van der Waals surface area contributed by atoms with Crippen LogP contribution in [0.3, 0.4) is 0 Å². The molecule has 0 saturated carbocycles. The number of para-hydroxylation sites is 2. The second-order valence-corrected chi connectivity index (χ2v) is 7.68. The molecule has 5 rings (SSSR count). The Bertz CT molecular complexity index is 1440. The lowest BCUT2D eigenvalue weighted by molar-refractivity contribution is -0.121. The van der Waals surface area contributed by atoms with Crippen LogP contribution in [0.25, 0.3) is 28.0 Å². The molecule has 0 aliphatic carbocycles. The Morgan fingerprint density at radius 3 is 2.59 bits per heavy atom. The van der Waals surface area contributed by atoms with Crippen molar-refractivity contribution in [3.63, 3.8) is 0 Å². The number of carbonyl (C=O) groups is 2. The summed E-state index contributed by atoms with van der Waals surface area (Å²) in [6, 6.07) is 22.3. The fourth-order valence-electron chi connectivity index (χ4n) is 3.64. The lowest BCUT2D eigenvalue weighted by Crippen LogP contribution is -2.41. The average Bonchev–Trinajstić information content (AvgIpc) is 3.59. The quantitative estimate of drug-likeness (QED) is 0.379. The van der Waals surface area contributed by atoms with Crippen molar-refractivity contribution in [2.75, 3.05) is 0 Å². The first-order valence-electron chi connectivity index (χ1n) is 10.8. The van der Waals surface area contributed by atoms with E-state index in [4.69, 9.17) is 4.42 Å². The molecule has 34 heavy (non-hydrogen) atoms. The van der Waals surface area contributed by atoms with E-state index in [0.717, 1.165) is 11.3 Å². The summed E-state index contributed by atoms with van der Waals surface area (Å²) < 4.78 is 7.20. The SMILES string of the molecule is O=C(CCc1cnn(-c2ccccc2)c1)NNC(=O)c1cc(-c2ccco2)nc2ccccc12. The number of furan rings is 1. The summed E-state index contributed by atoms with van der Waals surface area (Å²) in [5.74, 6) is -0.179. The normalized spacial score (nSPS) is 10.8. The molecule has 2 N–H and O–H groups in total. The molecule has 0 saturated heterocycles. The maximum Gasteiger partial charge on any atom is 0.270 e. The van der Waals surface area contributed by atoms with Crippen molar-refractivity contribution in [3.05, 3.63) is 103 Å². The van der Waals surface area contributed by atoms with Gasteiger partial charge in [-0.15, -0.1) is 0 Å². The first-order chi connectivity index (χ1) is 16.7. The monoisotopic (exact) mass is 451 g/mol. The van der Waals surface area contributed by atoms with Gasteiger partial charge in [-0.05, 0) is 48.4 Å². The van der Waals surface area contributed by atoms with Gasteiger partial charge in [-0.25, -0.2) is 9.67 Å². The zero-order chi connectivity index (χ0) is 23.3. The number of aryl methyl sites for hydroxylation is 1. The zero-order valence-electron chi connectivity index (χ0n) is 18.1. The van der Waals surface area contributed by atoms with Crippen molar-refractivity contribution in [1.82, 2.24) is 25.6 Å². The number of hydrogen-bond donors (Lipinski definition) is 2. The second kappa shape index (κ2) is 9.41. The van der Waals surface area contributed by atoms with Crippen LogP contribution in [-0.2, 0) is 11.2 Å². The molecule has 8 nitrogen and oxygen atoms in total. The minimum atomic E-state index is -0.434. The molecule has 3 heterocycles. The molecule has 2 amide bonds. The molecule has 2 aromatic carbocycles. The first-order valence-corrected chi connectivity index (χ1v) is 10.8. The fraction of sp³-hybridized carbons (Fsp3) is 0.0769. The van der Waals surface area contributed by atoms with Crippen LogP contribution < -0.4 is 10.9 Å². The van der Waals surface area contributed by atoms with Crippen molar-refractivity contribution in [1.29, 1.82) is 0 Å². The number of fused-ring (bicyclic) bond motifs is 1. The van der Waals surface area contributed by atoms with Gasteiger partial charge in [0, 0.05) is 18.0 Å². The standard InChI is InChI=1S/C26H21N5O3/c32-25(13-12-18-16-27-31(17-18)19-7-2-1-3-8-19)29-30-26(33)21-15-23(24-11-6-14-34-24)28-22-10-5-4-9-20(21)22/h1-11,14-17H,12-13H2,(H,29,32)(H,30,33). The Balaban J connectivity index is 1.23. The van der Waals surface area contributed by atoms with E-state index < -0.39 is 5.91 Å². The molecule has 3 aromatic heterocycles. The van der Waals surface area contributed by atoms with Crippen molar-refractivity contribution < 1.29 is 14.0 Å². The van der Waals surface area contributed by atoms with Gasteiger partial charge >= 0.3 is 0 Å². The highest BCUT2D eigenvalue weighted by Gasteiger charge is 2.16. The molecule has 8 heteroatoms. The summed E-state index contributed by atoms with van der Waals surface area (Å²) in [5.41, 5.74) is 8.47. The number of carbonyl (C=O) groups excluding carboxylic acids is 2. The molecule has 5 aromatic rings.